The van der Waals surface area contributed by atoms with E-state index in [1.807, 2.05) is 6.92 Å². The van der Waals surface area contributed by atoms with Crippen LogP contribution in [0.1, 0.15) is 19.7 Å². The number of halogens is 1. The summed E-state index contributed by atoms with van der Waals surface area (Å²) in [6.45, 7) is 1.83. The maximum atomic E-state index is 10.6. The molecule has 5 heteroatoms. The molecule has 1 heterocycles. The van der Waals surface area contributed by atoms with Gasteiger partial charge in [0.25, 0.3) is 9.05 Å². The lowest BCUT2D eigenvalue weighted by atomic mass is 10.5. The fraction of sp³-hybridized carbons (Fsp3) is 0.429. The van der Waals surface area contributed by atoms with Gasteiger partial charge in [0.05, 0.1) is 0 Å². The summed E-state index contributed by atoms with van der Waals surface area (Å²) in [5.74, 6) is 0. The Labute approximate surface area is 82.6 Å². The van der Waals surface area contributed by atoms with Gasteiger partial charge in [-0.1, -0.05) is 14.9 Å². The molecule has 0 atom stereocenters. The molecule has 12 heavy (non-hydrogen) atoms. The van der Waals surface area contributed by atoms with Crippen molar-refractivity contribution in [2.24, 2.45) is 0 Å². The zero-order valence-corrected chi connectivity index (χ0v) is 7.55. The van der Waals surface area contributed by atoms with Crippen LogP contribution in [0.5, 0.6) is 0 Å². The van der Waals surface area contributed by atoms with Crippen molar-refractivity contribution in [2.75, 3.05) is 0 Å². The van der Waals surface area contributed by atoms with Crippen LogP contribution in [0.25, 0.3) is 0 Å². The summed E-state index contributed by atoms with van der Waals surface area (Å²) in [5, 5.41) is 0. The molecule has 0 spiro atoms. The first-order valence-corrected chi connectivity index (χ1v) is 5.64. The number of hydrogen-bond acceptors (Lipinski definition) is 3. The van der Waals surface area contributed by atoms with Crippen molar-refractivity contribution < 1.29 is 8.42 Å². The van der Waals surface area contributed by atoms with Gasteiger partial charge >= 0.3 is 0 Å². The number of aryl methyl sites for hydroxylation is 1. The van der Waals surface area contributed by atoms with E-state index in [2.05, 4.69) is 0 Å². The van der Waals surface area contributed by atoms with E-state index in [4.69, 9.17) is 10.7 Å². The Morgan fingerprint density at radius 3 is 2.00 bits per heavy atom. The highest BCUT2D eigenvalue weighted by atomic mass is 35.7. The third-order valence-electron chi connectivity index (χ3n) is 0.956. The molecule has 0 amide bonds. The van der Waals surface area contributed by atoms with E-state index < -0.39 is 9.05 Å². The highest BCUT2D eigenvalue weighted by Gasteiger charge is 2.10. The van der Waals surface area contributed by atoms with E-state index >= 15 is 0 Å². The topological polar surface area (TPSA) is 34.1 Å². The molecule has 0 fully saturated rings. The third-order valence-corrected chi connectivity index (χ3v) is 4.05. The Kier molecular flexibility index (Phi) is 5.84. The predicted molar refractivity (Wildman–Crippen MR) is 55.6 cm³/mol. The smallest absolute Gasteiger partial charge is 0.206 e. The molecule has 1 aromatic rings. The lowest BCUT2D eigenvalue weighted by Gasteiger charge is -1.84. The molecule has 0 aliphatic carbocycles. The average molecular weight is 229 g/mol. The maximum absolute atomic E-state index is 10.6. The van der Waals surface area contributed by atoms with E-state index in [0.29, 0.717) is 0 Å². The van der Waals surface area contributed by atoms with Gasteiger partial charge in [-0.3, -0.25) is 0 Å². The SMILES string of the molecule is C.C.Cc1ccc(S(=O)(=O)Cl)s1. The highest BCUT2D eigenvalue weighted by Crippen LogP contribution is 2.23. The molecule has 0 bridgehead atoms. The van der Waals surface area contributed by atoms with Gasteiger partial charge in [0.1, 0.15) is 4.21 Å². The summed E-state index contributed by atoms with van der Waals surface area (Å²) in [6, 6.07) is 3.22. The molecule has 1 rings (SSSR count). The van der Waals surface area contributed by atoms with Crippen LogP contribution < -0.4 is 0 Å². The van der Waals surface area contributed by atoms with Crippen LogP contribution in [0.3, 0.4) is 0 Å². The Bertz CT molecular complexity index is 327. The van der Waals surface area contributed by atoms with E-state index in [-0.39, 0.29) is 19.1 Å². The van der Waals surface area contributed by atoms with Crippen LogP contribution >= 0.6 is 22.0 Å². The molecule has 0 aliphatic heterocycles. The van der Waals surface area contributed by atoms with Crippen LogP contribution in [0.2, 0.25) is 0 Å². The summed E-state index contributed by atoms with van der Waals surface area (Å²) in [7, 11) is 1.56. The molecule has 0 radical (unpaired) electrons. The zero-order valence-electron chi connectivity index (χ0n) is 5.17. The summed E-state index contributed by atoms with van der Waals surface area (Å²) in [4.78, 5) is 0.944. The summed E-state index contributed by atoms with van der Waals surface area (Å²) >= 11 is 1.17. The Hall–Kier alpha value is -0.0600. The van der Waals surface area contributed by atoms with E-state index in [9.17, 15) is 8.42 Å². The van der Waals surface area contributed by atoms with Gasteiger partial charge in [-0.05, 0) is 19.1 Å². The average Bonchev–Trinajstić information content (AvgIpc) is 2.11. The standard InChI is InChI=1S/C5H5ClO2S2.2CH4/c1-4-2-3-5(9-4)10(6,7)8;;/h2-3H,1H3;2*1H4. The molecular formula is C7H13ClO2S2. The maximum Gasteiger partial charge on any atom is 0.270 e. The number of hydrogen-bond donors (Lipinski definition) is 0. The summed E-state index contributed by atoms with van der Waals surface area (Å²) < 4.78 is 21.5. The molecule has 0 aliphatic rings. The van der Waals surface area contributed by atoms with Gasteiger partial charge in [0, 0.05) is 15.6 Å². The van der Waals surface area contributed by atoms with Crippen LogP contribution in [-0.4, -0.2) is 8.42 Å². The van der Waals surface area contributed by atoms with Crippen LogP contribution in [0, 0.1) is 6.92 Å². The van der Waals surface area contributed by atoms with Gasteiger partial charge in [-0.25, -0.2) is 8.42 Å². The minimum Gasteiger partial charge on any atom is -0.206 e. The molecule has 72 valence electrons. The Morgan fingerprint density at radius 1 is 1.33 bits per heavy atom. The first-order chi connectivity index (χ1) is 4.50. The summed E-state index contributed by atoms with van der Waals surface area (Å²) in [5.41, 5.74) is 0. The lowest BCUT2D eigenvalue weighted by Crippen LogP contribution is -1.82. The number of thiophene rings is 1. The zero-order chi connectivity index (χ0) is 7.78. The van der Waals surface area contributed by atoms with Crippen molar-refractivity contribution in [3.05, 3.63) is 17.0 Å². The minimum atomic E-state index is -3.49. The van der Waals surface area contributed by atoms with Crippen LogP contribution in [0.4, 0.5) is 0 Å². The van der Waals surface area contributed by atoms with Crippen molar-refractivity contribution in [1.82, 2.24) is 0 Å². The second kappa shape index (κ2) is 4.84. The van der Waals surface area contributed by atoms with Crippen LogP contribution in [0.15, 0.2) is 16.3 Å². The highest BCUT2D eigenvalue weighted by molar-refractivity contribution is 8.15. The fourth-order valence-electron chi connectivity index (χ4n) is 0.543. The molecule has 2 nitrogen and oxygen atoms in total. The van der Waals surface area contributed by atoms with Gasteiger partial charge in [-0.2, -0.15) is 0 Å². The van der Waals surface area contributed by atoms with Gasteiger partial charge < -0.3 is 0 Å². The Balaban J connectivity index is 0. The fourth-order valence-corrected chi connectivity index (χ4v) is 2.59. The number of rotatable bonds is 1. The van der Waals surface area contributed by atoms with Crippen molar-refractivity contribution >= 4 is 31.1 Å². The molecule has 0 saturated heterocycles. The molecule has 0 saturated carbocycles. The van der Waals surface area contributed by atoms with Crippen molar-refractivity contribution in [2.45, 2.75) is 26.0 Å². The first-order valence-electron chi connectivity index (χ1n) is 2.51. The second-order valence-electron chi connectivity index (χ2n) is 1.80. The van der Waals surface area contributed by atoms with Crippen molar-refractivity contribution in [1.29, 1.82) is 0 Å². The molecule has 1 aromatic heterocycles. The predicted octanol–water partition coefficient (Wildman–Crippen LogP) is 3.26. The second-order valence-corrected chi connectivity index (χ2v) is 5.88. The van der Waals surface area contributed by atoms with Crippen LogP contribution in [-0.2, 0) is 9.05 Å². The molecular weight excluding hydrogens is 216 g/mol. The van der Waals surface area contributed by atoms with E-state index in [1.54, 1.807) is 6.07 Å². The lowest BCUT2D eigenvalue weighted by molar-refractivity contribution is 0.611. The minimum absolute atomic E-state index is 0. The first kappa shape index (κ1) is 14.5. The van der Waals surface area contributed by atoms with Gasteiger partial charge in [-0.15, -0.1) is 11.3 Å². The third kappa shape index (κ3) is 3.56. The quantitative estimate of drug-likeness (QED) is 0.692. The monoisotopic (exact) mass is 228 g/mol. The van der Waals surface area contributed by atoms with Gasteiger partial charge in [0.15, 0.2) is 0 Å². The summed E-state index contributed by atoms with van der Waals surface area (Å²) in [6.07, 6.45) is 0. The molecule has 0 unspecified atom stereocenters. The Morgan fingerprint density at radius 2 is 1.83 bits per heavy atom. The normalized spacial score (nSPS) is 9.83. The van der Waals surface area contributed by atoms with Gasteiger partial charge in [0.2, 0.25) is 0 Å². The molecule has 0 N–H and O–H groups in total. The largest absolute Gasteiger partial charge is 0.270 e. The van der Waals surface area contributed by atoms with Crippen molar-refractivity contribution in [3.8, 4) is 0 Å². The van der Waals surface area contributed by atoms with E-state index in [0.717, 1.165) is 4.88 Å². The van der Waals surface area contributed by atoms with E-state index in [1.165, 1.54) is 17.4 Å². The molecule has 0 aromatic carbocycles. The van der Waals surface area contributed by atoms with Crippen molar-refractivity contribution in [3.63, 3.8) is 0 Å².